The standard InChI is InChI=1S/C29H56O7Si2/c1-10-17-18-19-20-21-24-28(8,36-38(14-5,15-6)16-7)26(35-37(11-2,12-3)13-4)25-23(30)22-33-29(25,34-24)27(31)32-9/h24-26H,10-22H2,1-9H3/t24-,25?,26-,28-,29?/m1/s1. The number of ether oxygens (including phenoxy) is 3. The van der Waals surface area contributed by atoms with Crippen LogP contribution in [0.5, 0.6) is 0 Å². The van der Waals surface area contributed by atoms with E-state index in [0.717, 1.165) is 55.5 Å². The van der Waals surface area contributed by atoms with Gasteiger partial charge in [-0.3, -0.25) is 4.79 Å². The number of fused-ring (bicyclic) bond motifs is 1. The largest absolute Gasteiger partial charge is 0.465 e. The van der Waals surface area contributed by atoms with Gasteiger partial charge in [0, 0.05) is 0 Å². The molecule has 9 heteroatoms. The van der Waals surface area contributed by atoms with Crippen LogP contribution in [0.4, 0.5) is 0 Å². The first-order valence-electron chi connectivity index (χ1n) is 15.4. The van der Waals surface area contributed by atoms with Gasteiger partial charge >= 0.3 is 5.97 Å². The van der Waals surface area contributed by atoms with E-state index in [1.54, 1.807) is 0 Å². The smallest absolute Gasteiger partial charge is 0.367 e. The number of methoxy groups -OCH3 is 1. The maximum atomic E-state index is 13.6. The van der Waals surface area contributed by atoms with Gasteiger partial charge in [0.1, 0.15) is 18.1 Å². The van der Waals surface area contributed by atoms with Gasteiger partial charge in [0.25, 0.3) is 5.79 Å². The van der Waals surface area contributed by atoms with Gasteiger partial charge in [-0.1, -0.05) is 80.6 Å². The zero-order chi connectivity index (χ0) is 28.6. The Morgan fingerprint density at radius 1 is 0.895 bits per heavy atom. The highest BCUT2D eigenvalue weighted by Crippen LogP contribution is 2.52. The van der Waals surface area contributed by atoms with Gasteiger partial charge in [0.05, 0.1) is 19.3 Å². The minimum absolute atomic E-state index is 0.167. The third kappa shape index (κ3) is 6.49. The molecule has 2 fully saturated rings. The van der Waals surface area contributed by atoms with Crippen molar-refractivity contribution in [2.45, 2.75) is 154 Å². The maximum absolute atomic E-state index is 13.6. The Morgan fingerprint density at radius 3 is 1.95 bits per heavy atom. The second-order valence-corrected chi connectivity index (χ2v) is 20.9. The fraction of sp³-hybridized carbons (Fsp3) is 0.931. The summed E-state index contributed by atoms with van der Waals surface area (Å²) >= 11 is 0. The molecule has 0 N–H and O–H groups in total. The minimum atomic E-state index is -2.23. The van der Waals surface area contributed by atoms with Crippen molar-refractivity contribution in [2.24, 2.45) is 5.92 Å². The summed E-state index contributed by atoms with van der Waals surface area (Å²) in [4.78, 5) is 26.9. The van der Waals surface area contributed by atoms with Crippen molar-refractivity contribution < 1.29 is 32.7 Å². The normalized spacial score (nSPS) is 29.9. The summed E-state index contributed by atoms with van der Waals surface area (Å²) < 4.78 is 32.5. The summed E-state index contributed by atoms with van der Waals surface area (Å²) in [5, 5.41) is 0. The molecule has 2 aliphatic rings. The lowest BCUT2D eigenvalue weighted by molar-refractivity contribution is -0.328. The molecule has 0 aromatic rings. The minimum Gasteiger partial charge on any atom is -0.465 e. The van der Waals surface area contributed by atoms with Crippen LogP contribution in [0.1, 0.15) is 93.9 Å². The zero-order valence-corrected chi connectivity index (χ0v) is 27.8. The Balaban J connectivity index is 2.71. The van der Waals surface area contributed by atoms with Crippen LogP contribution in [0.3, 0.4) is 0 Å². The highest BCUT2D eigenvalue weighted by atomic mass is 28.4. The summed E-state index contributed by atoms with van der Waals surface area (Å²) in [5.41, 5.74) is -0.873. The lowest BCUT2D eigenvalue weighted by Gasteiger charge is -2.57. The van der Waals surface area contributed by atoms with Crippen molar-refractivity contribution >= 4 is 28.4 Å². The van der Waals surface area contributed by atoms with Crippen molar-refractivity contribution in [3.63, 3.8) is 0 Å². The van der Waals surface area contributed by atoms with E-state index in [1.165, 1.54) is 20.0 Å². The van der Waals surface area contributed by atoms with E-state index in [4.69, 9.17) is 23.1 Å². The first-order valence-corrected chi connectivity index (χ1v) is 20.4. The molecule has 7 nitrogen and oxygen atoms in total. The molecule has 2 saturated heterocycles. The summed E-state index contributed by atoms with van der Waals surface area (Å²) in [5.74, 6) is -3.51. The lowest BCUT2D eigenvalue weighted by atomic mass is 9.74. The monoisotopic (exact) mass is 572 g/mol. The molecule has 0 aromatic carbocycles. The molecule has 0 bridgehead atoms. The maximum Gasteiger partial charge on any atom is 0.367 e. The molecule has 222 valence electrons. The average Bonchev–Trinajstić information content (AvgIpc) is 3.28. The molecular weight excluding hydrogens is 516 g/mol. The van der Waals surface area contributed by atoms with Gasteiger partial charge in [-0.25, -0.2) is 4.79 Å². The summed E-state index contributed by atoms with van der Waals surface area (Å²) in [7, 11) is -3.06. The number of hydrogen-bond donors (Lipinski definition) is 0. The van der Waals surface area contributed by atoms with Gasteiger partial charge in [0.2, 0.25) is 0 Å². The molecule has 38 heavy (non-hydrogen) atoms. The molecule has 2 aliphatic heterocycles. The average molecular weight is 573 g/mol. The fourth-order valence-corrected chi connectivity index (χ4v) is 12.6. The number of hydrogen-bond acceptors (Lipinski definition) is 7. The van der Waals surface area contributed by atoms with Gasteiger partial charge < -0.3 is 23.1 Å². The van der Waals surface area contributed by atoms with Crippen molar-refractivity contribution in [2.75, 3.05) is 13.7 Å². The molecule has 0 amide bonds. The molecule has 0 aromatic heterocycles. The molecule has 0 aliphatic carbocycles. The number of Topliss-reactive ketones (excluding diaryl/α,β-unsaturated/α-hetero) is 1. The zero-order valence-electron chi connectivity index (χ0n) is 25.8. The van der Waals surface area contributed by atoms with Gasteiger partial charge in [-0.05, 0) is 49.6 Å². The van der Waals surface area contributed by atoms with E-state index in [-0.39, 0.29) is 12.4 Å². The summed E-state index contributed by atoms with van der Waals surface area (Å²) in [6.45, 7) is 17.3. The molecule has 0 radical (unpaired) electrons. The molecule has 0 saturated carbocycles. The summed E-state index contributed by atoms with van der Waals surface area (Å²) in [6.07, 6.45) is 5.20. The quantitative estimate of drug-likeness (QED) is 0.105. The number of carbonyl (C=O) groups excluding carboxylic acids is 2. The van der Waals surface area contributed by atoms with Crippen LogP contribution < -0.4 is 0 Å². The van der Waals surface area contributed by atoms with Gasteiger partial charge in [-0.15, -0.1) is 0 Å². The lowest BCUT2D eigenvalue weighted by Crippen LogP contribution is -2.73. The first kappa shape index (κ1) is 33.6. The number of esters is 1. The highest BCUT2D eigenvalue weighted by Gasteiger charge is 2.71. The molecule has 2 heterocycles. The molecule has 2 unspecified atom stereocenters. The second kappa shape index (κ2) is 14.3. The van der Waals surface area contributed by atoms with Crippen molar-refractivity contribution in [1.82, 2.24) is 0 Å². The van der Waals surface area contributed by atoms with Crippen LogP contribution in [0.25, 0.3) is 0 Å². The SMILES string of the molecule is CCCCCCC[C@H]1OC2(C(=O)OC)OCC(=O)C2[C@@H](O[Si](CC)(CC)CC)[C@]1(C)O[Si](CC)(CC)CC. The van der Waals surface area contributed by atoms with Crippen LogP contribution >= 0.6 is 0 Å². The second-order valence-electron chi connectivity index (χ2n) is 11.5. The number of carbonyl (C=O) groups is 2. The fourth-order valence-electron chi connectivity index (χ4n) is 6.55. The van der Waals surface area contributed by atoms with Crippen molar-refractivity contribution in [1.29, 1.82) is 0 Å². The van der Waals surface area contributed by atoms with Crippen molar-refractivity contribution in [3.05, 3.63) is 0 Å². The molecule has 0 spiro atoms. The van der Waals surface area contributed by atoms with E-state index in [9.17, 15) is 9.59 Å². The Hall–Kier alpha value is -0.586. The van der Waals surface area contributed by atoms with E-state index in [2.05, 4.69) is 55.4 Å². The van der Waals surface area contributed by atoms with E-state index >= 15 is 0 Å². The van der Waals surface area contributed by atoms with Crippen LogP contribution in [0.15, 0.2) is 0 Å². The Morgan fingerprint density at radius 2 is 1.45 bits per heavy atom. The molecule has 2 rings (SSSR count). The Kier molecular flexibility index (Phi) is 12.7. The number of rotatable bonds is 17. The van der Waals surface area contributed by atoms with Gasteiger partial charge in [0.15, 0.2) is 22.4 Å². The first-order chi connectivity index (χ1) is 18.1. The third-order valence-electron chi connectivity index (χ3n) is 9.73. The molecule has 5 atom stereocenters. The van der Waals surface area contributed by atoms with Crippen LogP contribution in [-0.4, -0.2) is 65.7 Å². The predicted molar refractivity (Wildman–Crippen MR) is 156 cm³/mol. The molecular formula is C29H56O7Si2. The van der Waals surface area contributed by atoms with Crippen LogP contribution in [0.2, 0.25) is 36.3 Å². The van der Waals surface area contributed by atoms with Crippen LogP contribution in [0, 0.1) is 5.92 Å². The third-order valence-corrected chi connectivity index (χ3v) is 19.1. The van der Waals surface area contributed by atoms with Crippen LogP contribution in [-0.2, 0) is 32.7 Å². The predicted octanol–water partition coefficient (Wildman–Crippen LogP) is 7.00. The highest BCUT2D eigenvalue weighted by molar-refractivity contribution is 6.74. The topological polar surface area (TPSA) is 80.3 Å². The van der Waals surface area contributed by atoms with E-state index < -0.39 is 52.1 Å². The van der Waals surface area contributed by atoms with E-state index in [1.807, 2.05) is 0 Å². The van der Waals surface area contributed by atoms with Crippen molar-refractivity contribution in [3.8, 4) is 0 Å². The van der Waals surface area contributed by atoms with Gasteiger partial charge in [-0.2, -0.15) is 0 Å². The number of ketones is 1. The van der Waals surface area contributed by atoms with E-state index in [0.29, 0.717) is 6.42 Å². The Bertz CT molecular complexity index is 753. The Labute approximate surface area is 234 Å². The number of unbranched alkanes of at least 4 members (excludes halogenated alkanes) is 4. The summed E-state index contributed by atoms with van der Waals surface area (Å²) in [6, 6.07) is 5.71.